The summed E-state index contributed by atoms with van der Waals surface area (Å²) in [5.41, 5.74) is 7.56. The second-order valence-corrected chi connectivity index (χ2v) is 29.7. The average molecular weight is 1340 g/mol. The number of sulfone groups is 2. The lowest BCUT2D eigenvalue weighted by Gasteiger charge is -2.41. The zero-order valence-corrected chi connectivity index (χ0v) is 55.8. The van der Waals surface area contributed by atoms with E-state index in [1.165, 1.54) is 56.2 Å². The molecule has 484 valence electrons. The number of nitrogens with zero attached hydrogens (tertiary/aromatic N) is 5. The number of hydrogen-bond donors (Lipinski definition) is 2. The van der Waals surface area contributed by atoms with Gasteiger partial charge in [0, 0.05) is 59.1 Å². The Balaban J connectivity index is 0.000000174. The number of benzene rings is 6. The smallest absolute Gasteiger partial charge is 0.312 e. The van der Waals surface area contributed by atoms with Crippen molar-refractivity contribution in [1.82, 2.24) is 15.2 Å². The molecule has 1 aromatic heterocycles. The molecule has 22 heteroatoms. The summed E-state index contributed by atoms with van der Waals surface area (Å²) in [7, 11) is -0.763. The van der Waals surface area contributed by atoms with Gasteiger partial charge in [0.15, 0.2) is 25.5 Å². The number of aromatic hydroxyl groups is 1. The Morgan fingerprint density at radius 2 is 1.41 bits per heavy atom. The molecule has 0 bridgehead atoms. The maximum atomic E-state index is 12.8. The Morgan fingerprint density at radius 1 is 0.791 bits per heavy atom. The van der Waals surface area contributed by atoms with Crippen molar-refractivity contribution >= 4 is 95.1 Å². The number of nitro benzene ring substituents is 1. The van der Waals surface area contributed by atoms with E-state index in [2.05, 4.69) is 41.5 Å². The molecule has 3 fully saturated rings. The summed E-state index contributed by atoms with van der Waals surface area (Å²) in [5, 5.41) is 22.8. The number of phenolic OH excluding ortho intramolecular Hbond substituents is 1. The van der Waals surface area contributed by atoms with Gasteiger partial charge >= 0.3 is 5.69 Å². The van der Waals surface area contributed by atoms with E-state index in [9.17, 15) is 46.4 Å². The Bertz CT molecular complexity index is 3750. The second kappa shape index (κ2) is 34.3. The first-order valence-electron chi connectivity index (χ1n) is 30.4. The summed E-state index contributed by atoms with van der Waals surface area (Å²) in [6, 6.07) is 49.3. The zero-order valence-electron chi connectivity index (χ0n) is 51.8. The van der Waals surface area contributed by atoms with Gasteiger partial charge < -0.3 is 19.6 Å². The topological polar surface area (TPSA) is 226 Å². The van der Waals surface area contributed by atoms with Crippen LogP contribution in [0.25, 0.3) is 0 Å². The molecule has 2 aliphatic carbocycles. The Morgan fingerprint density at radius 3 is 2.00 bits per heavy atom. The van der Waals surface area contributed by atoms with Crippen LogP contribution in [0.1, 0.15) is 116 Å². The van der Waals surface area contributed by atoms with Gasteiger partial charge in [-0.2, -0.15) is 0 Å². The number of likely N-dealkylation sites (N-methyl/N-ethyl adjacent to an activating group) is 1. The number of carbonyl (C=O) groups excluding carboxylic acids is 3. The first-order chi connectivity index (χ1) is 43.6. The normalized spacial score (nSPS) is 15.6. The van der Waals surface area contributed by atoms with Crippen molar-refractivity contribution in [3.63, 3.8) is 0 Å². The summed E-state index contributed by atoms with van der Waals surface area (Å²) in [6.45, 7) is 0.597. The monoisotopic (exact) mass is 1330 g/mol. The Labute approximate surface area is 549 Å². The predicted molar refractivity (Wildman–Crippen MR) is 364 cm³/mol. The molecule has 2 N–H and O–H groups in total. The number of rotatable bonds is 22. The van der Waals surface area contributed by atoms with Gasteiger partial charge in [-0.25, -0.2) is 16.8 Å². The average Bonchev–Trinajstić information content (AvgIpc) is 1.92. The quantitative estimate of drug-likeness (QED) is 0.0366. The third-order valence-corrected chi connectivity index (χ3v) is 20.9. The van der Waals surface area contributed by atoms with Crippen LogP contribution in [0.4, 0.5) is 17.1 Å². The van der Waals surface area contributed by atoms with Crippen molar-refractivity contribution in [2.75, 3.05) is 44.8 Å². The first kappa shape index (κ1) is 71.0. The van der Waals surface area contributed by atoms with Crippen molar-refractivity contribution < 1.29 is 46.0 Å². The van der Waals surface area contributed by atoms with Gasteiger partial charge in [0.2, 0.25) is 11.7 Å². The van der Waals surface area contributed by atoms with E-state index in [0.29, 0.717) is 57.3 Å². The van der Waals surface area contributed by atoms with E-state index in [1.807, 2.05) is 108 Å². The fourth-order valence-corrected chi connectivity index (χ4v) is 15.4. The zero-order chi connectivity index (χ0) is 65.6. The Hall–Kier alpha value is -7.46. The van der Waals surface area contributed by atoms with Crippen molar-refractivity contribution in [2.24, 2.45) is 4.99 Å². The molecule has 1 saturated heterocycles. The van der Waals surface area contributed by atoms with Crippen LogP contribution >= 0.6 is 34.5 Å². The lowest BCUT2D eigenvalue weighted by Crippen LogP contribution is -2.48. The highest BCUT2D eigenvalue weighted by molar-refractivity contribution is 7.93. The highest BCUT2D eigenvalue weighted by Gasteiger charge is 2.40. The maximum absolute atomic E-state index is 12.8. The van der Waals surface area contributed by atoms with Crippen LogP contribution in [0.5, 0.6) is 11.5 Å². The lowest BCUT2D eigenvalue weighted by atomic mass is 9.81. The summed E-state index contributed by atoms with van der Waals surface area (Å²) in [6.07, 6.45) is 17.1. The molecule has 2 saturated carbocycles. The third kappa shape index (κ3) is 21.3. The van der Waals surface area contributed by atoms with Gasteiger partial charge in [-0.15, -0.1) is 11.3 Å². The number of Topliss-reactive ketones (excluding diaryl/α,β-unsaturated/α-hetero) is 1. The number of anilines is 2. The number of ether oxygens (including phenoxy) is 1. The standard InChI is InChI=1S/C21H20N2O3S.C19H25NO2.C16H22ClN3O3.C13H13ClO3S2/c1-27(25,26)16-17-9-8-10-18(15-17)21(24)22-23(19-11-4-2-5-12-19)20-13-6-3-7-14-20;21-18(12-6-9-15-7-2-1-3-8-15)17-13-14-19(22)20(17)16-10-4-5-11-16;1-19(2)16(6-4-3-5-7-16)11-18-10-12-8-13(17)9-14(15(12)21)20(22)23;1-17-11-5-3-2-4-10(11)8-9-19(15,16)13-7-6-12(14)18-13/h2-15H,16H2,1H3,(H,22,24);1-3,7-8,16-17H,4-6,9-14H2;8-10,21H,3-7,11H2,1-2H3;2-7H,8-9H2,1H3. The molecule has 7 aromatic rings. The summed E-state index contributed by atoms with van der Waals surface area (Å²) >= 11 is 12.7. The number of para-hydroxylation sites is 3. The van der Waals surface area contributed by atoms with E-state index in [0.717, 1.165) is 79.3 Å². The molecule has 1 atom stereocenters. The summed E-state index contributed by atoms with van der Waals surface area (Å²) in [4.78, 5) is 56.4. The molecule has 6 aromatic carbocycles. The largest absolute Gasteiger partial charge is 0.502 e. The molecule has 3 aliphatic rings. The van der Waals surface area contributed by atoms with Crippen LogP contribution in [0.2, 0.25) is 9.36 Å². The minimum atomic E-state index is -3.28. The van der Waals surface area contributed by atoms with Crippen molar-refractivity contribution in [3.05, 3.63) is 211 Å². The van der Waals surface area contributed by atoms with Gasteiger partial charge in [-0.3, -0.25) is 39.9 Å². The molecule has 1 unspecified atom stereocenters. The van der Waals surface area contributed by atoms with Gasteiger partial charge in [0.1, 0.15) is 9.96 Å². The van der Waals surface area contributed by atoms with Crippen LogP contribution in [0, 0.1) is 10.1 Å². The molecule has 0 spiro atoms. The molecular formula is C69H80Cl2N6O11S3. The molecule has 17 nitrogen and oxygen atoms in total. The van der Waals surface area contributed by atoms with Crippen molar-refractivity contribution in [3.8, 4) is 11.5 Å². The fraction of sp³-hybridized carbons (Fsp3) is 0.362. The fourth-order valence-electron chi connectivity index (χ4n) is 11.5. The minimum absolute atomic E-state index is 0.0227. The number of methoxy groups -OCH3 is 1. The van der Waals surface area contributed by atoms with Crippen LogP contribution in [-0.4, -0.2) is 118 Å². The number of phenols is 1. The number of nitrogens with one attached hydrogen (secondary N) is 1. The van der Waals surface area contributed by atoms with E-state index in [-0.39, 0.29) is 51.3 Å². The number of hydrazine groups is 1. The first-order valence-corrected chi connectivity index (χ1v) is 35.6. The number of likely N-dealkylation sites (tertiary alicyclic amines) is 1. The number of thiophene rings is 1. The third-order valence-electron chi connectivity index (χ3n) is 16.3. The summed E-state index contributed by atoms with van der Waals surface area (Å²) in [5.74, 6) is 0.409. The van der Waals surface area contributed by atoms with Crippen LogP contribution in [0.15, 0.2) is 173 Å². The molecule has 0 radical (unpaired) electrons. The van der Waals surface area contributed by atoms with E-state index >= 15 is 0 Å². The number of aliphatic imine (C=N–C) groups is 1. The van der Waals surface area contributed by atoms with E-state index < -0.39 is 36.0 Å². The molecule has 2 amide bonds. The number of amides is 2. The van der Waals surface area contributed by atoms with Gasteiger partial charge in [-0.1, -0.05) is 152 Å². The number of halogens is 2. The predicted octanol–water partition coefficient (Wildman–Crippen LogP) is 14.3. The number of ketones is 1. The SMILES string of the molecule is CN(C)C1(CN=Cc2cc(Cl)cc([N+](=O)[O-])c2O)CCCCC1.COc1ccccc1CCS(=O)(=O)c1ccc(Cl)s1.CS(=O)(=O)Cc1cccc(C(=O)NN(c2ccccc2)c2ccccc2)c1.O=C(CCCc1ccccc1)C1CCC(=O)N1C1CCCC1. The number of hydrogen-bond acceptors (Lipinski definition) is 15. The van der Waals surface area contributed by atoms with Crippen LogP contribution in [-0.2, 0) is 47.9 Å². The number of nitro groups is 1. The van der Waals surface area contributed by atoms with Crippen LogP contribution in [0.3, 0.4) is 0 Å². The maximum Gasteiger partial charge on any atom is 0.312 e. The van der Waals surface area contributed by atoms with Gasteiger partial charge in [0.25, 0.3) is 5.91 Å². The molecule has 10 rings (SSSR count). The number of aryl methyl sites for hydroxylation is 2. The summed E-state index contributed by atoms with van der Waals surface area (Å²) < 4.78 is 53.3. The van der Waals surface area contributed by atoms with E-state index in [4.69, 9.17) is 27.9 Å². The highest BCUT2D eigenvalue weighted by Crippen LogP contribution is 2.36. The highest BCUT2D eigenvalue weighted by atomic mass is 35.5. The van der Waals surface area contributed by atoms with Crippen molar-refractivity contribution in [2.45, 2.75) is 124 Å². The van der Waals surface area contributed by atoms with Crippen molar-refractivity contribution in [1.29, 1.82) is 0 Å². The minimum Gasteiger partial charge on any atom is -0.502 e. The molecule has 2 heterocycles. The Kier molecular flexibility index (Phi) is 26.7. The lowest BCUT2D eigenvalue weighted by molar-refractivity contribution is -0.385. The van der Waals surface area contributed by atoms with Crippen LogP contribution < -0.4 is 15.2 Å². The molecular weight excluding hydrogens is 1260 g/mol. The number of carbonyl (C=O) groups is 3. The molecule has 91 heavy (non-hydrogen) atoms. The molecule has 1 aliphatic heterocycles. The van der Waals surface area contributed by atoms with Gasteiger partial charge in [0.05, 0.1) is 51.8 Å². The van der Waals surface area contributed by atoms with Gasteiger partial charge in [-0.05, 0) is 143 Å². The second-order valence-electron chi connectivity index (χ2n) is 23.0. The van der Waals surface area contributed by atoms with E-state index in [1.54, 1.807) is 48.5 Å².